The Kier molecular flexibility index (Phi) is 3.35. The lowest BCUT2D eigenvalue weighted by Gasteiger charge is -2.19. The van der Waals surface area contributed by atoms with Crippen molar-refractivity contribution in [3.05, 3.63) is 10.4 Å². The van der Waals surface area contributed by atoms with Crippen LogP contribution in [0.1, 0.15) is 20.8 Å². The second kappa shape index (κ2) is 3.93. The lowest BCUT2D eigenvalue weighted by atomic mass is 10.1. The molecule has 0 aliphatic heterocycles. The molecule has 86 valence electrons. The van der Waals surface area contributed by atoms with E-state index in [0.29, 0.717) is 4.34 Å². The molecule has 0 saturated carbocycles. The summed E-state index contributed by atoms with van der Waals surface area (Å²) in [5.41, 5.74) is 5.20. The minimum atomic E-state index is -3.57. The van der Waals surface area contributed by atoms with Crippen LogP contribution in [0.15, 0.2) is 10.3 Å². The maximum absolute atomic E-state index is 11.8. The van der Waals surface area contributed by atoms with E-state index < -0.39 is 15.6 Å². The number of rotatable bonds is 2. The first-order chi connectivity index (χ1) is 6.62. The first kappa shape index (κ1) is 12.8. The van der Waals surface area contributed by atoms with Gasteiger partial charge in [0.2, 0.25) is 0 Å². The number of sulfonamides is 1. The van der Waals surface area contributed by atoms with Crippen LogP contribution >= 0.6 is 22.9 Å². The highest BCUT2D eigenvalue weighted by molar-refractivity contribution is 7.91. The van der Waals surface area contributed by atoms with Crippen LogP contribution in [0.25, 0.3) is 0 Å². The van der Waals surface area contributed by atoms with Gasteiger partial charge in [0.1, 0.15) is 0 Å². The molecule has 7 heteroatoms. The van der Waals surface area contributed by atoms with Crippen molar-refractivity contribution in [2.75, 3.05) is 5.73 Å². The van der Waals surface area contributed by atoms with E-state index in [1.54, 1.807) is 20.8 Å². The second-order valence-corrected chi connectivity index (χ2v) is 7.71. The number of hydrogen-bond donors (Lipinski definition) is 2. The lowest BCUT2D eigenvalue weighted by molar-refractivity contribution is 0.493. The smallest absolute Gasteiger partial charge is 0.252 e. The van der Waals surface area contributed by atoms with Crippen LogP contribution in [0.3, 0.4) is 0 Å². The quantitative estimate of drug-likeness (QED) is 0.862. The summed E-state index contributed by atoms with van der Waals surface area (Å²) < 4.78 is 26.6. The molecule has 0 unspecified atom stereocenters. The van der Waals surface area contributed by atoms with Gasteiger partial charge >= 0.3 is 0 Å². The standard InChI is InChI=1S/C8H13ClN2O2S2/c1-8(2,3)11-15(12,13)7-5(10)4-6(9)14-7/h4,11H,10H2,1-3H3. The van der Waals surface area contributed by atoms with Crippen molar-refractivity contribution in [3.63, 3.8) is 0 Å². The first-order valence-electron chi connectivity index (χ1n) is 4.20. The zero-order valence-electron chi connectivity index (χ0n) is 8.67. The number of nitrogens with one attached hydrogen (secondary N) is 1. The van der Waals surface area contributed by atoms with Gasteiger partial charge in [-0.3, -0.25) is 0 Å². The zero-order chi connectivity index (χ0) is 11.9. The van der Waals surface area contributed by atoms with Gasteiger partial charge in [0, 0.05) is 5.54 Å². The molecule has 1 rings (SSSR count). The van der Waals surface area contributed by atoms with E-state index in [0.717, 1.165) is 11.3 Å². The number of nitrogens with two attached hydrogens (primary N) is 1. The van der Waals surface area contributed by atoms with Crippen molar-refractivity contribution in [2.45, 2.75) is 30.5 Å². The monoisotopic (exact) mass is 268 g/mol. The normalized spacial score (nSPS) is 13.1. The van der Waals surface area contributed by atoms with Gasteiger partial charge in [0.25, 0.3) is 10.0 Å². The van der Waals surface area contributed by atoms with E-state index in [1.807, 2.05) is 0 Å². The van der Waals surface area contributed by atoms with Gasteiger partial charge in [-0.15, -0.1) is 11.3 Å². The molecule has 0 amide bonds. The van der Waals surface area contributed by atoms with Gasteiger partial charge in [-0.1, -0.05) is 11.6 Å². The third kappa shape index (κ3) is 3.34. The van der Waals surface area contributed by atoms with Crippen LogP contribution in [-0.4, -0.2) is 14.0 Å². The van der Waals surface area contributed by atoms with Crippen LogP contribution in [0.2, 0.25) is 4.34 Å². The highest BCUT2D eigenvalue weighted by Crippen LogP contribution is 2.32. The molecule has 0 saturated heterocycles. The zero-order valence-corrected chi connectivity index (χ0v) is 11.1. The van der Waals surface area contributed by atoms with E-state index in [4.69, 9.17) is 17.3 Å². The Morgan fingerprint density at radius 2 is 2.00 bits per heavy atom. The molecule has 0 aliphatic carbocycles. The largest absolute Gasteiger partial charge is 0.397 e. The van der Waals surface area contributed by atoms with Gasteiger partial charge in [-0.05, 0) is 26.8 Å². The Bertz CT molecular complexity index is 459. The van der Waals surface area contributed by atoms with Gasteiger partial charge in [0.05, 0.1) is 10.0 Å². The molecule has 0 radical (unpaired) electrons. The number of halogens is 1. The molecule has 1 heterocycles. The Labute approximate surface area is 98.5 Å². The van der Waals surface area contributed by atoms with Gasteiger partial charge < -0.3 is 5.73 Å². The number of nitrogen functional groups attached to an aromatic ring is 1. The van der Waals surface area contributed by atoms with Crippen molar-refractivity contribution < 1.29 is 8.42 Å². The summed E-state index contributed by atoms with van der Waals surface area (Å²) in [7, 11) is -3.57. The molecule has 0 spiro atoms. The van der Waals surface area contributed by atoms with Crippen molar-refractivity contribution in [2.24, 2.45) is 0 Å². The molecule has 0 aromatic carbocycles. The molecule has 1 aromatic heterocycles. The van der Waals surface area contributed by atoms with Gasteiger partial charge in [-0.25, -0.2) is 13.1 Å². The van der Waals surface area contributed by atoms with E-state index in [2.05, 4.69) is 4.72 Å². The van der Waals surface area contributed by atoms with Crippen LogP contribution < -0.4 is 10.5 Å². The maximum atomic E-state index is 11.8. The van der Waals surface area contributed by atoms with Gasteiger partial charge in [0.15, 0.2) is 4.21 Å². The average molecular weight is 269 g/mol. The van der Waals surface area contributed by atoms with Crippen LogP contribution in [0, 0.1) is 0 Å². The maximum Gasteiger partial charge on any atom is 0.252 e. The molecule has 15 heavy (non-hydrogen) atoms. The fourth-order valence-corrected chi connectivity index (χ4v) is 4.14. The third-order valence-electron chi connectivity index (χ3n) is 1.38. The lowest BCUT2D eigenvalue weighted by Crippen LogP contribution is -2.40. The summed E-state index contributed by atoms with van der Waals surface area (Å²) >= 11 is 6.64. The molecule has 0 fully saturated rings. The Morgan fingerprint density at radius 1 is 1.47 bits per heavy atom. The first-order valence-corrected chi connectivity index (χ1v) is 6.88. The highest BCUT2D eigenvalue weighted by atomic mass is 35.5. The number of anilines is 1. The molecule has 4 nitrogen and oxygen atoms in total. The Morgan fingerprint density at radius 3 is 2.33 bits per heavy atom. The fraction of sp³-hybridized carbons (Fsp3) is 0.500. The van der Waals surface area contributed by atoms with Crippen molar-refractivity contribution in [3.8, 4) is 0 Å². The van der Waals surface area contributed by atoms with Crippen molar-refractivity contribution in [1.82, 2.24) is 4.72 Å². The molecular weight excluding hydrogens is 256 g/mol. The summed E-state index contributed by atoms with van der Waals surface area (Å²) in [6.07, 6.45) is 0. The van der Waals surface area contributed by atoms with Crippen molar-refractivity contribution >= 4 is 38.6 Å². The summed E-state index contributed by atoms with van der Waals surface area (Å²) in [6.45, 7) is 5.28. The minimum Gasteiger partial charge on any atom is -0.397 e. The third-order valence-corrected chi connectivity index (χ3v) is 4.97. The number of hydrogen-bond acceptors (Lipinski definition) is 4. The SMILES string of the molecule is CC(C)(C)NS(=O)(=O)c1sc(Cl)cc1N. The molecule has 0 atom stereocenters. The molecular formula is C8H13ClN2O2S2. The van der Waals surface area contributed by atoms with E-state index in [-0.39, 0.29) is 9.90 Å². The van der Waals surface area contributed by atoms with E-state index in [1.165, 1.54) is 6.07 Å². The topological polar surface area (TPSA) is 72.2 Å². The molecule has 0 aliphatic rings. The fourth-order valence-electron chi connectivity index (χ4n) is 1.02. The minimum absolute atomic E-state index is 0.0717. The van der Waals surface area contributed by atoms with Crippen molar-refractivity contribution in [1.29, 1.82) is 0 Å². The van der Waals surface area contributed by atoms with Gasteiger partial charge in [-0.2, -0.15) is 0 Å². The Balaban J connectivity index is 3.13. The van der Waals surface area contributed by atoms with Crippen LogP contribution in [0.4, 0.5) is 5.69 Å². The molecule has 1 aromatic rings. The Hall–Kier alpha value is -0.300. The summed E-state index contributed by atoms with van der Waals surface area (Å²) in [6, 6.07) is 1.43. The molecule has 0 bridgehead atoms. The summed E-state index contributed by atoms with van der Waals surface area (Å²) in [5.74, 6) is 0. The predicted octanol–water partition coefficient (Wildman–Crippen LogP) is 2.06. The van der Waals surface area contributed by atoms with E-state index in [9.17, 15) is 8.42 Å². The van der Waals surface area contributed by atoms with Crippen LogP contribution in [0.5, 0.6) is 0 Å². The molecule has 3 N–H and O–H groups in total. The van der Waals surface area contributed by atoms with E-state index >= 15 is 0 Å². The van der Waals surface area contributed by atoms with Crippen LogP contribution in [-0.2, 0) is 10.0 Å². The average Bonchev–Trinajstić information content (AvgIpc) is 2.24. The predicted molar refractivity (Wildman–Crippen MR) is 63.8 cm³/mol. The highest BCUT2D eigenvalue weighted by Gasteiger charge is 2.25. The number of thiophene rings is 1. The second-order valence-electron chi connectivity index (χ2n) is 4.15. The summed E-state index contributed by atoms with van der Waals surface area (Å²) in [4.78, 5) is 0. The summed E-state index contributed by atoms with van der Waals surface area (Å²) in [5, 5.41) is 0.